The van der Waals surface area contributed by atoms with E-state index in [-0.39, 0.29) is 30.2 Å². The predicted molar refractivity (Wildman–Crippen MR) is 122 cm³/mol. The van der Waals surface area contributed by atoms with Gasteiger partial charge < -0.3 is 15.5 Å². The quantitative estimate of drug-likeness (QED) is 0.535. The molecule has 2 N–H and O–H groups in total. The second kappa shape index (κ2) is 10.8. The van der Waals surface area contributed by atoms with Crippen LogP contribution in [0.2, 0.25) is 0 Å². The van der Waals surface area contributed by atoms with Gasteiger partial charge in [0.25, 0.3) is 5.91 Å². The molecule has 2 aromatic carbocycles. The average Bonchev–Trinajstić information content (AvgIpc) is 3.29. The van der Waals surface area contributed by atoms with E-state index in [2.05, 4.69) is 10.6 Å². The molecule has 0 spiro atoms. The summed E-state index contributed by atoms with van der Waals surface area (Å²) >= 11 is 1.33. The van der Waals surface area contributed by atoms with Crippen molar-refractivity contribution in [3.05, 3.63) is 93.9 Å². The van der Waals surface area contributed by atoms with E-state index in [1.165, 1.54) is 23.5 Å². The molecule has 2 amide bonds. The monoisotopic (exact) mass is 439 g/mol. The highest BCUT2D eigenvalue weighted by atomic mass is 32.1. The number of benzene rings is 2. The number of amides is 2. The summed E-state index contributed by atoms with van der Waals surface area (Å²) in [4.78, 5) is 28.1. The third kappa shape index (κ3) is 6.47. The molecule has 1 heterocycles. The van der Waals surface area contributed by atoms with E-state index in [1.807, 2.05) is 60.8 Å². The molecular formula is C24H26FN3O2S. The SMILES string of the molecule is CN(C)C(CNC(=O)C(Cc1ccccc1)NC(=O)c1cccs1)c1cccc(F)c1. The number of nitrogens with one attached hydrogen (secondary N) is 2. The van der Waals surface area contributed by atoms with Crippen LogP contribution in [0.15, 0.2) is 72.1 Å². The zero-order valence-corrected chi connectivity index (χ0v) is 18.4. The molecule has 0 saturated heterocycles. The molecule has 5 nitrogen and oxygen atoms in total. The van der Waals surface area contributed by atoms with Crippen molar-refractivity contribution < 1.29 is 14.0 Å². The van der Waals surface area contributed by atoms with E-state index in [1.54, 1.807) is 18.2 Å². The van der Waals surface area contributed by atoms with Crippen LogP contribution in [0, 0.1) is 5.82 Å². The fraction of sp³-hybridized carbons (Fsp3) is 0.250. The Bertz CT molecular complexity index is 993. The lowest BCUT2D eigenvalue weighted by atomic mass is 10.0. The lowest BCUT2D eigenvalue weighted by molar-refractivity contribution is -0.123. The first-order chi connectivity index (χ1) is 14.9. The maximum atomic E-state index is 13.7. The Labute approximate surface area is 185 Å². The molecule has 0 aliphatic rings. The Morgan fingerprint density at radius 1 is 1.03 bits per heavy atom. The Kier molecular flexibility index (Phi) is 7.92. The van der Waals surface area contributed by atoms with E-state index in [0.29, 0.717) is 11.3 Å². The molecule has 31 heavy (non-hydrogen) atoms. The van der Waals surface area contributed by atoms with Crippen molar-refractivity contribution in [2.45, 2.75) is 18.5 Å². The van der Waals surface area contributed by atoms with Crippen molar-refractivity contribution in [1.82, 2.24) is 15.5 Å². The molecule has 7 heteroatoms. The van der Waals surface area contributed by atoms with Gasteiger partial charge in [0.15, 0.2) is 0 Å². The fourth-order valence-electron chi connectivity index (χ4n) is 3.33. The number of carbonyl (C=O) groups excluding carboxylic acids is 2. The Hall–Kier alpha value is -3.03. The molecule has 2 unspecified atom stereocenters. The summed E-state index contributed by atoms with van der Waals surface area (Å²) in [7, 11) is 3.75. The van der Waals surface area contributed by atoms with Crippen LogP contribution in [-0.2, 0) is 11.2 Å². The molecule has 1 aromatic heterocycles. The van der Waals surface area contributed by atoms with Crippen molar-refractivity contribution in [3.8, 4) is 0 Å². The highest BCUT2D eigenvalue weighted by molar-refractivity contribution is 7.12. The van der Waals surface area contributed by atoms with Crippen LogP contribution in [-0.4, -0.2) is 43.4 Å². The fourth-order valence-corrected chi connectivity index (χ4v) is 3.96. The van der Waals surface area contributed by atoms with Gasteiger partial charge in [-0.3, -0.25) is 9.59 Å². The minimum Gasteiger partial charge on any atom is -0.352 e. The van der Waals surface area contributed by atoms with Crippen LogP contribution < -0.4 is 10.6 Å². The van der Waals surface area contributed by atoms with Crippen LogP contribution in [0.1, 0.15) is 26.8 Å². The summed E-state index contributed by atoms with van der Waals surface area (Å²) in [5.41, 5.74) is 1.72. The number of thiophene rings is 1. The van der Waals surface area contributed by atoms with Crippen LogP contribution in [0.5, 0.6) is 0 Å². The summed E-state index contributed by atoms with van der Waals surface area (Å²) in [6.45, 7) is 0.287. The van der Waals surface area contributed by atoms with Crippen molar-refractivity contribution in [1.29, 1.82) is 0 Å². The molecule has 0 saturated carbocycles. The third-order valence-electron chi connectivity index (χ3n) is 4.98. The van der Waals surface area contributed by atoms with Crippen molar-refractivity contribution in [3.63, 3.8) is 0 Å². The van der Waals surface area contributed by atoms with E-state index >= 15 is 0 Å². The lowest BCUT2D eigenvalue weighted by Gasteiger charge is -2.26. The minimum absolute atomic E-state index is 0.204. The summed E-state index contributed by atoms with van der Waals surface area (Å²) in [6.07, 6.45) is 0.371. The molecule has 0 radical (unpaired) electrons. The molecule has 0 fully saturated rings. The normalized spacial score (nSPS) is 12.9. The molecule has 0 aliphatic carbocycles. The number of hydrogen-bond acceptors (Lipinski definition) is 4. The van der Waals surface area contributed by atoms with Crippen LogP contribution >= 0.6 is 11.3 Å². The van der Waals surface area contributed by atoms with E-state index in [0.717, 1.165) is 11.1 Å². The maximum absolute atomic E-state index is 13.7. The summed E-state index contributed by atoms with van der Waals surface area (Å²) in [5.74, 6) is -0.877. The number of hydrogen-bond donors (Lipinski definition) is 2. The number of nitrogens with zero attached hydrogens (tertiary/aromatic N) is 1. The summed E-state index contributed by atoms with van der Waals surface area (Å²) in [5, 5.41) is 7.62. The second-order valence-electron chi connectivity index (χ2n) is 7.47. The first kappa shape index (κ1) is 22.7. The molecule has 3 aromatic rings. The van der Waals surface area contributed by atoms with Crippen LogP contribution in [0.3, 0.4) is 0 Å². The zero-order chi connectivity index (χ0) is 22.2. The number of rotatable bonds is 9. The van der Waals surface area contributed by atoms with E-state index < -0.39 is 6.04 Å². The smallest absolute Gasteiger partial charge is 0.262 e. The van der Waals surface area contributed by atoms with Gasteiger partial charge in [0.2, 0.25) is 5.91 Å². The van der Waals surface area contributed by atoms with Gasteiger partial charge in [0.1, 0.15) is 11.9 Å². The molecule has 162 valence electrons. The lowest BCUT2D eigenvalue weighted by Crippen LogP contribution is -2.49. The molecule has 2 atom stereocenters. The van der Waals surface area contributed by atoms with Crippen molar-refractivity contribution in [2.75, 3.05) is 20.6 Å². The summed E-state index contributed by atoms with van der Waals surface area (Å²) < 4.78 is 13.7. The largest absolute Gasteiger partial charge is 0.352 e. The predicted octanol–water partition coefficient (Wildman–Crippen LogP) is 3.65. The number of carbonyl (C=O) groups is 2. The van der Waals surface area contributed by atoms with E-state index in [9.17, 15) is 14.0 Å². The highest BCUT2D eigenvalue weighted by Gasteiger charge is 2.24. The van der Waals surface area contributed by atoms with Crippen LogP contribution in [0.25, 0.3) is 0 Å². The van der Waals surface area contributed by atoms with E-state index in [4.69, 9.17) is 0 Å². The van der Waals surface area contributed by atoms with Crippen molar-refractivity contribution in [2.24, 2.45) is 0 Å². The molecule has 0 bridgehead atoms. The van der Waals surface area contributed by atoms with Gasteiger partial charge in [0.05, 0.1) is 10.9 Å². The van der Waals surface area contributed by atoms with Gasteiger partial charge >= 0.3 is 0 Å². The minimum atomic E-state index is -0.729. The standard InChI is InChI=1S/C24H26FN3O2S/c1-28(2)21(18-10-6-11-19(25)15-18)16-26-23(29)20(14-17-8-4-3-5-9-17)27-24(30)22-12-7-13-31-22/h3-13,15,20-21H,14,16H2,1-2H3,(H,26,29)(H,27,30). The third-order valence-corrected chi connectivity index (χ3v) is 5.84. The maximum Gasteiger partial charge on any atom is 0.262 e. The zero-order valence-electron chi connectivity index (χ0n) is 17.5. The molecular weight excluding hydrogens is 413 g/mol. The Morgan fingerprint density at radius 2 is 1.81 bits per heavy atom. The first-order valence-corrected chi connectivity index (χ1v) is 10.9. The number of halogens is 1. The Balaban J connectivity index is 1.72. The molecule has 0 aliphatic heterocycles. The van der Waals surface area contributed by atoms with Gasteiger partial charge in [0, 0.05) is 13.0 Å². The van der Waals surface area contributed by atoms with Gasteiger partial charge in [-0.15, -0.1) is 11.3 Å². The van der Waals surface area contributed by atoms with Crippen molar-refractivity contribution >= 4 is 23.2 Å². The van der Waals surface area contributed by atoms with Gasteiger partial charge in [-0.25, -0.2) is 4.39 Å². The highest BCUT2D eigenvalue weighted by Crippen LogP contribution is 2.18. The topological polar surface area (TPSA) is 61.4 Å². The van der Waals surface area contributed by atoms with Gasteiger partial charge in [-0.05, 0) is 48.8 Å². The summed E-state index contributed by atoms with van der Waals surface area (Å²) in [6, 6.07) is 18.5. The van der Waals surface area contributed by atoms with Gasteiger partial charge in [-0.2, -0.15) is 0 Å². The first-order valence-electron chi connectivity index (χ1n) is 10.0. The van der Waals surface area contributed by atoms with Gasteiger partial charge in [-0.1, -0.05) is 48.5 Å². The Morgan fingerprint density at radius 3 is 2.45 bits per heavy atom. The molecule has 3 rings (SSSR count). The van der Waals surface area contributed by atoms with Crippen LogP contribution in [0.4, 0.5) is 4.39 Å². The second-order valence-corrected chi connectivity index (χ2v) is 8.42. The number of likely N-dealkylation sites (N-methyl/N-ethyl adjacent to an activating group) is 1. The average molecular weight is 440 g/mol.